The molecule has 2 aromatic carbocycles. The molecule has 6 heteroatoms. The number of rotatable bonds is 6. The highest BCUT2D eigenvalue weighted by Gasteiger charge is 2.52. The molecule has 0 unspecified atom stereocenters. The van der Waals surface area contributed by atoms with Crippen molar-refractivity contribution in [1.29, 1.82) is 0 Å². The van der Waals surface area contributed by atoms with E-state index in [2.05, 4.69) is 0 Å². The Hall–Kier alpha value is -3.02. The molecule has 1 heterocycles. The number of methoxy groups -OCH3 is 1. The highest BCUT2D eigenvalue weighted by Crippen LogP contribution is 2.41. The summed E-state index contributed by atoms with van der Waals surface area (Å²) >= 11 is 0. The molecule has 134 valence electrons. The van der Waals surface area contributed by atoms with Gasteiger partial charge in [-0.05, 0) is 24.0 Å². The van der Waals surface area contributed by atoms with Gasteiger partial charge in [0.1, 0.15) is 0 Å². The fourth-order valence-corrected chi connectivity index (χ4v) is 3.59. The minimum absolute atomic E-state index is 0.384. The summed E-state index contributed by atoms with van der Waals surface area (Å²) in [6.45, 7) is -0.384. The van der Waals surface area contributed by atoms with Gasteiger partial charge in [-0.2, -0.15) is 0 Å². The summed E-state index contributed by atoms with van der Waals surface area (Å²) in [6, 6.07) is 18.6. The largest absolute Gasteiger partial charge is 0.467 e. The van der Waals surface area contributed by atoms with E-state index in [1.165, 1.54) is 7.11 Å². The van der Waals surface area contributed by atoms with Crippen LogP contribution in [0.25, 0.3) is 0 Å². The van der Waals surface area contributed by atoms with Gasteiger partial charge in [0.05, 0.1) is 13.0 Å². The minimum Gasteiger partial charge on any atom is -0.467 e. The Balaban J connectivity index is 2.11. The molecule has 2 atom stereocenters. The highest BCUT2D eigenvalue weighted by molar-refractivity contribution is 6.05. The summed E-state index contributed by atoms with van der Waals surface area (Å²) in [4.78, 5) is 28.4. The molecule has 0 saturated heterocycles. The van der Waals surface area contributed by atoms with E-state index in [0.29, 0.717) is 18.4 Å². The summed E-state index contributed by atoms with van der Waals surface area (Å²) in [5.41, 5.74) is 1.13. The van der Waals surface area contributed by atoms with Crippen LogP contribution in [-0.4, -0.2) is 35.8 Å². The van der Waals surface area contributed by atoms with Crippen molar-refractivity contribution in [3.05, 3.63) is 81.9 Å². The average molecular weight is 352 g/mol. The Morgan fingerprint density at radius 2 is 1.81 bits per heavy atom. The molecule has 0 spiro atoms. The third kappa shape index (κ3) is 3.35. The van der Waals surface area contributed by atoms with Crippen LogP contribution in [0.5, 0.6) is 0 Å². The third-order valence-corrected chi connectivity index (χ3v) is 4.83. The van der Waals surface area contributed by atoms with Crippen LogP contribution in [0, 0.1) is 10.1 Å². The second-order valence-corrected chi connectivity index (χ2v) is 6.32. The Morgan fingerprint density at radius 1 is 1.19 bits per heavy atom. The van der Waals surface area contributed by atoms with Gasteiger partial charge in [-0.3, -0.25) is 15.1 Å². The van der Waals surface area contributed by atoms with Crippen molar-refractivity contribution >= 4 is 11.7 Å². The zero-order valence-electron chi connectivity index (χ0n) is 14.5. The van der Waals surface area contributed by atoms with Gasteiger partial charge in [0.2, 0.25) is 6.54 Å². The fourth-order valence-electron chi connectivity index (χ4n) is 3.59. The van der Waals surface area contributed by atoms with Crippen molar-refractivity contribution in [1.82, 2.24) is 0 Å². The number of carbonyl (C=O) groups excluding carboxylic acids is 1. The quantitative estimate of drug-likeness (QED) is 0.454. The molecular formula is C20H20N2O4. The molecule has 0 saturated carbocycles. The van der Waals surface area contributed by atoms with Crippen molar-refractivity contribution in [3.8, 4) is 0 Å². The predicted molar refractivity (Wildman–Crippen MR) is 98.0 cm³/mol. The maximum absolute atomic E-state index is 12.8. The maximum Gasteiger partial charge on any atom is 0.334 e. The number of nitrogens with zero attached hydrogens (tertiary/aromatic N) is 2. The van der Waals surface area contributed by atoms with Crippen LogP contribution in [0.15, 0.2) is 65.7 Å². The maximum atomic E-state index is 12.8. The van der Waals surface area contributed by atoms with Crippen molar-refractivity contribution in [2.45, 2.75) is 24.3 Å². The first-order chi connectivity index (χ1) is 12.6. The molecule has 0 aromatic heterocycles. The first-order valence-electron chi connectivity index (χ1n) is 8.46. The first-order valence-corrected chi connectivity index (χ1v) is 8.46. The van der Waals surface area contributed by atoms with Gasteiger partial charge in [0.25, 0.3) is 0 Å². The van der Waals surface area contributed by atoms with Crippen molar-refractivity contribution in [2.24, 2.45) is 4.99 Å². The summed E-state index contributed by atoms with van der Waals surface area (Å²) in [6.07, 6.45) is 0.956. The molecule has 0 aliphatic carbocycles. The summed E-state index contributed by atoms with van der Waals surface area (Å²) < 4.78 is 5.04. The van der Waals surface area contributed by atoms with Gasteiger partial charge in [0, 0.05) is 10.6 Å². The molecule has 3 rings (SSSR count). The highest BCUT2D eigenvalue weighted by atomic mass is 16.6. The molecule has 26 heavy (non-hydrogen) atoms. The molecular weight excluding hydrogens is 332 g/mol. The normalized spacial score (nSPS) is 20.3. The van der Waals surface area contributed by atoms with Crippen LogP contribution in [0.1, 0.15) is 29.9 Å². The lowest BCUT2D eigenvalue weighted by molar-refractivity contribution is -0.484. The second kappa shape index (κ2) is 7.47. The number of ether oxygens (including phenoxy) is 1. The molecule has 0 fully saturated rings. The number of hydrogen-bond donors (Lipinski definition) is 0. The summed E-state index contributed by atoms with van der Waals surface area (Å²) in [5, 5.41) is 11.3. The van der Waals surface area contributed by atoms with Crippen molar-refractivity contribution in [2.75, 3.05) is 13.7 Å². The Morgan fingerprint density at radius 3 is 2.38 bits per heavy atom. The lowest BCUT2D eigenvalue weighted by Gasteiger charge is -2.30. The van der Waals surface area contributed by atoms with Gasteiger partial charge in [0.15, 0.2) is 5.54 Å². The van der Waals surface area contributed by atoms with E-state index >= 15 is 0 Å². The number of carbonyl (C=O) groups is 1. The SMILES string of the molecule is COC(=O)[C@]1([C@@H](C[N+](=O)[O-])c2ccccc2)CCC(c2ccccc2)=N1. The molecule has 6 nitrogen and oxygen atoms in total. The van der Waals surface area contributed by atoms with E-state index in [9.17, 15) is 14.9 Å². The number of aliphatic imine (C=N–C) groups is 1. The third-order valence-electron chi connectivity index (χ3n) is 4.83. The standard InChI is InChI=1S/C20H20N2O4/c1-26-19(23)20(13-12-18(21-20)16-10-6-3-7-11-16)17(14-22(24)25)15-8-4-2-5-9-15/h2-11,17H,12-14H2,1H3/t17-,20+/m0/s1. The van der Waals surface area contributed by atoms with E-state index in [1.54, 1.807) is 12.1 Å². The molecule has 0 bridgehead atoms. The zero-order chi connectivity index (χ0) is 18.6. The molecule has 0 amide bonds. The zero-order valence-corrected chi connectivity index (χ0v) is 14.5. The molecule has 2 aromatic rings. The molecule has 0 N–H and O–H groups in total. The topological polar surface area (TPSA) is 81.8 Å². The second-order valence-electron chi connectivity index (χ2n) is 6.32. The molecule has 1 aliphatic rings. The Bertz CT molecular complexity index is 820. The molecule has 0 radical (unpaired) electrons. The van der Waals surface area contributed by atoms with Crippen molar-refractivity contribution in [3.63, 3.8) is 0 Å². The van der Waals surface area contributed by atoms with Gasteiger partial charge in [-0.25, -0.2) is 4.79 Å². The Kier molecular flexibility index (Phi) is 5.11. The fraction of sp³-hybridized carbons (Fsp3) is 0.300. The number of hydrogen-bond acceptors (Lipinski definition) is 5. The van der Waals surface area contributed by atoms with Crippen LogP contribution >= 0.6 is 0 Å². The van der Waals surface area contributed by atoms with Crippen LogP contribution in [0.2, 0.25) is 0 Å². The van der Waals surface area contributed by atoms with Gasteiger partial charge < -0.3 is 4.74 Å². The van der Waals surface area contributed by atoms with Crippen LogP contribution in [0.3, 0.4) is 0 Å². The van der Waals surface area contributed by atoms with E-state index in [-0.39, 0.29) is 6.54 Å². The smallest absolute Gasteiger partial charge is 0.334 e. The monoisotopic (exact) mass is 352 g/mol. The number of nitro groups is 1. The van der Waals surface area contributed by atoms with Crippen LogP contribution in [-0.2, 0) is 9.53 Å². The van der Waals surface area contributed by atoms with Crippen molar-refractivity contribution < 1.29 is 14.5 Å². The van der Waals surface area contributed by atoms with Crippen LogP contribution in [0.4, 0.5) is 0 Å². The first kappa shape index (κ1) is 17.8. The average Bonchev–Trinajstić information content (AvgIpc) is 3.13. The summed E-state index contributed by atoms with van der Waals surface area (Å²) in [7, 11) is 1.30. The number of benzene rings is 2. The lowest BCUT2D eigenvalue weighted by atomic mass is 9.77. The van der Waals surface area contributed by atoms with E-state index in [0.717, 1.165) is 11.3 Å². The van der Waals surface area contributed by atoms with Crippen LogP contribution < -0.4 is 0 Å². The predicted octanol–water partition coefficient (Wildman–Crippen LogP) is 3.24. The van der Waals surface area contributed by atoms with E-state index in [1.807, 2.05) is 48.5 Å². The number of esters is 1. The van der Waals surface area contributed by atoms with Gasteiger partial charge in [-0.15, -0.1) is 0 Å². The summed E-state index contributed by atoms with van der Waals surface area (Å²) in [5.74, 6) is -1.22. The van der Waals surface area contributed by atoms with Gasteiger partial charge >= 0.3 is 5.97 Å². The Labute approximate surface area is 151 Å². The van der Waals surface area contributed by atoms with Gasteiger partial charge in [-0.1, -0.05) is 60.7 Å². The minimum atomic E-state index is -1.28. The van der Waals surface area contributed by atoms with E-state index in [4.69, 9.17) is 9.73 Å². The molecule has 1 aliphatic heterocycles. The lowest BCUT2D eigenvalue weighted by Crippen LogP contribution is -2.44. The van der Waals surface area contributed by atoms with E-state index < -0.39 is 22.3 Å².